The highest BCUT2D eigenvalue weighted by Gasteiger charge is 2.07. The average molecular weight is 308 g/mol. The van der Waals surface area contributed by atoms with Gasteiger partial charge in [0.2, 0.25) is 0 Å². The number of hydrogen-bond acceptors (Lipinski definition) is 3. The van der Waals surface area contributed by atoms with Crippen LogP contribution in [0.4, 0.5) is 0 Å². The lowest BCUT2D eigenvalue weighted by Crippen LogP contribution is -2.20. The Morgan fingerprint density at radius 2 is 1.77 bits per heavy atom. The Kier molecular flexibility index (Phi) is 4.39. The average Bonchev–Trinajstić information content (AvgIpc) is 2.56. The summed E-state index contributed by atoms with van der Waals surface area (Å²) in [6, 6.07) is 18.0. The molecular formula is C18H16N2OS. The Bertz CT molecular complexity index is 810. The van der Waals surface area contributed by atoms with Gasteiger partial charge in [0, 0.05) is 23.8 Å². The zero-order chi connectivity index (χ0) is 15.4. The van der Waals surface area contributed by atoms with Crippen molar-refractivity contribution in [3.8, 4) is 5.69 Å². The van der Waals surface area contributed by atoms with Gasteiger partial charge in [0.05, 0.1) is 0 Å². The summed E-state index contributed by atoms with van der Waals surface area (Å²) in [6.45, 7) is 2.03. The number of hydrogen-bond donors (Lipinski definition) is 0. The van der Waals surface area contributed by atoms with Gasteiger partial charge < -0.3 is 0 Å². The van der Waals surface area contributed by atoms with Crippen LogP contribution in [0.2, 0.25) is 0 Å². The van der Waals surface area contributed by atoms with Gasteiger partial charge in [-0.3, -0.25) is 9.36 Å². The molecule has 0 radical (unpaired) electrons. The van der Waals surface area contributed by atoms with Crippen LogP contribution >= 0.6 is 11.8 Å². The molecule has 4 heteroatoms. The van der Waals surface area contributed by atoms with Gasteiger partial charge in [-0.05, 0) is 24.6 Å². The van der Waals surface area contributed by atoms with Crippen molar-refractivity contribution in [3.63, 3.8) is 0 Å². The molecule has 0 fully saturated rings. The zero-order valence-electron chi connectivity index (χ0n) is 12.3. The summed E-state index contributed by atoms with van der Waals surface area (Å²) in [5.41, 5.74) is 3.14. The second-order valence-corrected chi connectivity index (χ2v) is 5.98. The predicted molar refractivity (Wildman–Crippen MR) is 90.6 cm³/mol. The molecule has 0 bridgehead atoms. The maximum absolute atomic E-state index is 12.6. The van der Waals surface area contributed by atoms with Gasteiger partial charge in [-0.1, -0.05) is 59.8 Å². The van der Waals surface area contributed by atoms with Crippen LogP contribution in [-0.2, 0) is 5.75 Å². The second kappa shape index (κ2) is 6.62. The minimum atomic E-state index is -0.0766. The van der Waals surface area contributed by atoms with Crippen LogP contribution in [0.15, 0.2) is 76.8 Å². The van der Waals surface area contributed by atoms with Gasteiger partial charge >= 0.3 is 0 Å². The second-order valence-electron chi connectivity index (χ2n) is 5.02. The van der Waals surface area contributed by atoms with Crippen molar-refractivity contribution in [2.75, 3.05) is 0 Å². The van der Waals surface area contributed by atoms with Crippen LogP contribution in [0.5, 0.6) is 0 Å². The number of aromatic nitrogens is 2. The predicted octanol–water partition coefficient (Wildman–Crippen LogP) is 3.83. The fraction of sp³-hybridized carbons (Fsp3) is 0.111. The number of benzene rings is 2. The Balaban J connectivity index is 1.86. The molecule has 0 aliphatic heterocycles. The molecule has 110 valence electrons. The topological polar surface area (TPSA) is 34.9 Å². The highest BCUT2D eigenvalue weighted by Crippen LogP contribution is 2.18. The fourth-order valence-corrected chi connectivity index (χ4v) is 2.98. The lowest BCUT2D eigenvalue weighted by molar-refractivity contribution is 0.882. The molecule has 0 saturated carbocycles. The SMILES string of the molecule is Cc1ccc(-n2ccnc(SCc3ccccc3)c2=O)cc1. The van der Waals surface area contributed by atoms with E-state index in [0.717, 1.165) is 11.4 Å². The van der Waals surface area contributed by atoms with E-state index in [0.29, 0.717) is 5.03 Å². The molecule has 2 aromatic carbocycles. The molecule has 3 aromatic rings. The summed E-state index contributed by atoms with van der Waals surface area (Å²) >= 11 is 1.47. The van der Waals surface area contributed by atoms with Crippen molar-refractivity contribution >= 4 is 11.8 Å². The molecule has 0 aliphatic rings. The summed E-state index contributed by atoms with van der Waals surface area (Å²) in [6.07, 6.45) is 3.38. The molecule has 0 unspecified atom stereocenters. The normalized spacial score (nSPS) is 10.6. The molecule has 1 aromatic heterocycles. The molecule has 0 aliphatic carbocycles. The van der Waals surface area contributed by atoms with E-state index < -0.39 is 0 Å². The lowest BCUT2D eigenvalue weighted by atomic mass is 10.2. The summed E-state index contributed by atoms with van der Waals surface area (Å²) in [4.78, 5) is 16.8. The summed E-state index contributed by atoms with van der Waals surface area (Å²) < 4.78 is 1.64. The number of nitrogens with zero attached hydrogens (tertiary/aromatic N) is 2. The van der Waals surface area contributed by atoms with Crippen LogP contribution in [0.25, 0.3) is 5.69 Å². The number of aryl methyl sites for hydroxylation is 1. The van der Waals surface area contributed by atoms with Crippen molar-refractivity contribution in [2.45, 2.75) is 17.7 Å². The third kappa shape index (κ3) is 3.28. The van der Waals surface area contributed by atoms with E-state index >= 15 is 0 Å². The summed E-state index contributed by atoms with van der Waals surface area (Å²) in [5.74, 6) is 0.737. The van der Waals surface area contributed by atoms with Crippen molar-refractivity contribution in [2.24, 2.45) is 0 Å². The van der Waals surface area contributed by atoms with Gasteiger partial charge in [-0.15, -0.1) is 0 Å². The van der Waals surface area contributed by atoms with Gasteiger partial charge in [-0.25, -0.2) is 4.98 Å². The number of thioether (sulfide) groups is 1. The third-order valence-electron chi connectivity index (χ3n) is 3.34. The third-order valence-corrected chi connectivity index (χ3v) is 4.37. The fourth-order valence-electron chi connectivity index (χ4n) is 2.13. The first-order chi connectivity index (χ1) is 10.7. The van der Waals surface area contributed by atoms with Crippen LogP contribution in [0, 0.1) is 6.92 Å². The van der Waals surface area contributed by atoms with E-state index in [9.17, 15) is 4.79 Å². The molecule has 0 spiro atoms. The Morgan fingerprint density at radius 3 is 2.50 bits per heavy atom. The molecule has 0 saturated heterocycles. The monoisotopic (exact) mass is 308 g/mol. The maximum atomic E-state index is 12.6. The zero-order valence-corrected chi connectivity index (χ0v) is 13.1. The maximum Gasteiger partial charge on any atom is 0.287 e. The highest BCUT2D eigenvalue weighted by molar-refractivity contribution is 7.98. The summed E-state index contributed by atoms with van der Waals surface area (Å²) in [5, 5.41) is 0.520. The van der Waals surface area contributed by atoms with Crippen LogP contribution in [0.1, 0.15) is 11.1 Å². The van der Waals surface area contributed by atoms with E-state index in [-0.39, 0.29) is 5.56 Å². The highest BCUT2D eigenvalue weighted by atomic mass is 32.2. The van der Waals surface area contributed by atoms with Crippen LogP contribution < -0.4 is 5.56 Å². The standard InChI is InChI=1S/C18H16N2OS/c1-14-7-9-16(10-8-14)20-12-11-19-17(18(20)21)22-13-15-5-3-2-4-6-15/h2-12H,13H2,1H3. The minimum absolute atomic E-state index is 0.0766. The van der Waals surface area contributed by atoms with Crippen LogP contribution in [-0.4, -0.2) is 9.55 Å². The molecule has 1 heterocycles. The van der Waals surface area contributed by atoms with E-state index in [1.54, 1.807) is 17.0 Å². The minimum Gasteiger partial charge on any atom is -0.280 e. The molecule has 0 N–H and O–H groups in total. The molecule has 0 atom stereocenters. The van der Waals surface area contributed by atoms with Gasteiger partial charge in [-0.2, -0.15) is 0 Å². The Labute approximate surface area is 133 Å². The summed E-state index contributed by atoms with van der Waals surface area (Å²) in [7, 11) is 0. The molecule has 3 nitrogen and oxygen atoms in total. The lowest BCUT2D eigenvalue weighted by Gasteiger charge is -2.07. The van der Waals surface area contributed by atoms with E-state index in [1.165, 1.54) is 22.9 Å². The molecule has 3 rings (SSSR count). The Morgan fingerprint density at radius 1 is 1.05 bits per heavy atom. The molecular weight excluding hydrogens is 292 g/mol. The molecule has 22 heavy (non-hydrogen) atoms. The van der Waals surface area contributed by atoms with Gasteiger partial charge in [0.25, 0.3) is 5.56 Å². The van der Waals surface area contributed by atoms with Gasteiger partial charge in [0.1, 0.15) is 0 Å². The smallest absolute Gasteiger partial charge is 0.280 e. The molecule has 0 amide bonds. The quantitative estimate of drug-likeness (QED) is 0.687. The van der Waals surface area contributed by atoms with Crippen molar-refractivity contribution < 1.29 is 0 Å². The van der Waals surface area contributed by atoms with Gasteiger partial charge in [0.15, 0.2) is 5.03 Å². The largest absolute Gasteiger partial charge is 0.287 e. The first kappa shape index (κ1) is 14.6. The van der Waals surface area contributed by atoms with Crippen molar-refractivity contribution in [3.05, 3.63) is 88.5 Å². The van der Waals surface area contributed by atoms with E-state index in [4.69, 9.17) is 0 Å². The van der Waals surface area contributed by atoms with E-state index in [2.05, 4.69) is 17.1 Å². The van der Waals surface area contributed by atoms with Crippen LogP contribution in [0.3, 0.4) is 0 Å². The van der Waals surface area contributed by atoms with Crippen molar-refractivity contribution in [1.82, 2.24) is 9.55 Å². The Hall–Kier alpha value is -2.33. The number of rotatable bonds is 4. The van der Waals surface area contributed by atoms with Crippen molar-refractivity contribution in [1.29, 1.82) is 0 Å². The first-order valence-corrected chi connectivity index (χ1v) is 8.04. The first-order valence-electron chi connectivity index (χ1n) is 7.05. The van der Waals surface area contributed by atoms with E-state index in [1.807, 2.05) is 49.4 Å².